The molecule has 1 N–H and O–H groups in total. The lowest BCUT2D eigenvalue weighted by molar-refractivity contribution is 0.494. The minimum absolute atomic E-state index is 0.0222. The van der Waals surface area contributed by atoms with Crippen LogP contribution < -0.4 is 5.32 Å². The second-order valence-electron chi connectivity index (χ2n) is 5.32. The van der Waals surface area contributed by atoms with Crippen molar-refractivity contribution in [1.82, 2.24) is 5.32 Å². The first kappa shape index (κ1) is 16.0. The first-order chi connectivity index (χ1) is 10.1. The van der Waals surface area contributed by atoms with Gasteiger partial charge in [-0.05, 0) is 49.6 Å². The zero-order chi connectivity index (χ0) is 15.2. The number of aryl methyl sites for hydroxylation is 1. The molecule has 0 heterocycles. The summed E-state index contributed by atoms with van der Waals surface area (Å²) in [4.78, 5) is 0. The molecule has 112 valence electrons. The molecule has 0 aromatic heterocycles. The average molecular weight is 306 g/mol. The van der Waals surface area contributed by atoms with Gasteiger partial charge in [0.2, 0.25) is 0 Å². The van der Waals surface area contributed by atoms with Crippen LogP contribution in [0.25, 0.3) is 0 Å². The van der Waals surface area contributed by atoms with Crippen LogP contribution >= 0.6 is 11.6 Å². The van der Waals surface area contributed by atoms with E-state index in [1.165, 1.54) is 0 Å². The Morgan fingerprint density at radius 2 is 1.86 bits per heavy atom. The van der Waals surface area contributed by atoms with Crippen LogP contribution in [0.1, 0.15) is 36.1 Å². The monoisotopic (exact) mass is 305 g/mol. The van der Waals surface area contributed by atoms with Crippen molar-refractivity contribution < 1.29 is 4.39 Å². The third-order valence-electron chi connectivity index (χ3n) is 3.59. The van der Waals surface area contributed by atoms with Gasteiger partial charge in [-0.2, -0.15) is 0 Å². The molecule has 0 saturated heterocycles. The third-order valence-corrected chi connectivity index (χ3v) is 3.84. The third kappa shape index (κ3) is 4.29. The van der Waals surface area contributed by atoms with E-state index in [9.17, 15) is 4.39 Å². The highest BCUT2D eigenvalue weighted by Crippen LogP contribution is 2.24. The molecule has 0 aliphatic rings. The van der Waals surface area contributed by atoms with Crippen molar-refractivity contribution in [2.75, 3.05) is 6.54 Å². The molecule has 2 aromatic rings. The number of rotatable bonds is 6. The summed E-state index contributed by atoms with van der Waals surface area (Å²) >= 11 is 5.92. The van der Waals surface area contributed by atoms with Gasteiger partial charge in [-0.1, -0.05) is 48.9 Å². The Labute approximate surface area is 131 Å². The van der Waals surface area contributed by atoms with Gasteiger partial charge in [0.15, 0.2) is 0 Å². The fraction of sp³-hybridized carbons (Fsp3) is 0.333. The highest BCUT2D eigenvalue weighted by Gasteiger charge is 2.16. The molecule has 0 bridgehead atoms. The van der Waals surface area contributed by atoms with Crippen LogP contribution in [0.2, 0.25) is 5.02 Å². The van der Waals surface area contributed by atoms with Gasteiger partial charge in [0, 0.05) is 16.6 Å². The van der Waals surface area contributed by atoms with Crippen molar-refractivity contribution in [2.24, 2.45) is 0 Å². The summed E-state index contributed by atoms with van der Waals surface area (Å²) in [6.45, 7) is 4.78. The van der Waals surface area contributed by atoms with E-state index in [1.807, 2.05) is 36.4 Å². The molecular weight excluding hydrogens is 285 g/mol. The molecule has 1 unspecified atom stereocenters. The zero-order valence-electron chi connectivity index (χ0n) is 12.5. The summed E-state index contributed by atoms with van der Waals surface area (Å²) in [7, 11) is 0. The van der Waals surface area contributed by atoms with E-state index in [2.05, 4.69) is 12.2 Å². The second-order valence-corrected chi connectivity index (χ2v) is 5.75. The number of benzene rings is 2. The smallest absolute Gasteiger partial charge is 0.130 e. The van der Waals surface area contributed by atoms with Crippen LogP contribution in [0.15, 0.2) is 42.5 Å². The molecule has 0 fully saturated rings. The molecule has 0 spiro atoms. The number of nitrogens with one attached hydrogen (secondary N) is 1. The predicted molar refractivity (Wildman–Crippen MR) is 87.3 cm³/mol. The molecular formula is C18H21ClFN. The average Bonchev–Trinajstić information content (AvgIpc) is 2.48. The van der Waals surface area contributed by atoms with Gasteiger partial charge >= 0.3 is 0 Å². The van der Waals surface area contributed by atoms with E-state index in [0.29, 0.717) is 5.56 Å². The van der Waals surface area contributed by atoms with Crippen LogP contribution in [0.5, 0.6) is 0 Å². The lowest BCUT2D eigenvalue weighted by Crippen LogP contribution is -2.25. The zero-order valence-corrected chi connectivity index (χ0v) is 13.3. The van der Waals surface area contributed by atoms with E-state index in [1.54, 1.807) is 13.0 Å². The molecule has 21 heavy (non-hydrogen) atoms. The van der Waals surface area contributed by atoms with E-state index in [0.717, 1.165) is 35.5 Å². The Bertz CT molecular complexity index is 580. The number of hydrogen-bond acceptors (Lipinski definition) is 1. The Hall–Kier alpha value is -1.38. The van der Waals surface area contributed by atoms with E-state index in [-0.39, 0.29) is 11.9 Å². The Morgan fingerprint density at radius 1 is 1.14 bits per heavy atom. The van der Waals surface area contributed by atoms with Crippen molar-refractivity contribution in [3.63, 3.8) is 0 Å². The van der Waals surface area contributed by atoms with Crippen LogP contribution in [-0.2, 0) is 6.42 Å². The fourth-order valence-corrected chi connectivity index (χ4v) is 2.53. The number of hydrogen-bond donors (Lipinski definition) is 1. The van der Waals surface area contributed by atoms with Gasteiger partial charge in [-0.15, -0.1) is 0 Å². The summed E-state index contributed by atoms with van der Waals surface area (Å²) in [5, 5.41) is 4.16. The molecule has 1 nitrogen and oxygen atoms in total. The largest absolute Gasteiger partial charge is 0.310 e. The first-order valence-corrected chi connectivity index (χ1v) is 7.72. The molecule has 0 saturated carbocycles. The maximum atomic E-state index is 14.4. The lowest BCUT2D eigenvalue weighted by Gasteiger charge is -2.20. The van der Waals surface area contributed by atoms with Crippen LogP contribution in [-0.4, -0.2) is 6.54 Å². The van der Waals surface area contributed by atoms with Crippen molar-refractivity contribution in [3.8, 4) is 0 Å². The van der Waals surface area contributed by atoms with Crippen molar-refractivity contribution in [3.05, 3.63) is 70.0 Å². The standard InChI is InChI=1S/C18H21ClFN/c1-3-11-21-17(12-14-7-9-15(19)10-8-14)16-6-4-5-13(2)18(16)20/h4-10,17,21H,3,11-12H2,1-2H3. The summed E-state index contributed by atoms with van der Waals surface area (Å²) in [5.41, 5.74) is 2.57. The highest BCUT2D eigenvalue weighted by atomic mass is 35.5. The summed E-state index contributed by atoms with van der Waals surface area (Å²) in [6, 6.07) is 13.3. The Morgan fingerprint density at radius 3 is 2.52 bits per heavy atom. The summed E-state index contributed by atoms with van der Waals surface area (Å²) in [6.07, 6.45) is 1.77. The quantitative estimate of drug-likeness (QED) is 0.785. The second kappa shape index (κ2) is 7.58. The Balaban J connectivity index is 2.25. The molecule has 0 aliphatic heterocycles. The Kier molecular flexibility index (Phi) is 5.77. The van der Waals surface area contributed by atoms with Gasteiger partial charge in [0.1, 0.15) is 5.82 Å². The first-order valence-electron chi connectivity index (χ1n) is 7.34. The highest BCUT2D eigenvalue weighted by molar-refractivity contribution is 6.30. The molecule has 2 rings (SSSR count). The molecule has 0 amide bonds. The molecule has 3 heteroatoms. The lowest BCUT2D eigenvalue weighted by atomic mass is 9.96. The van der Waals surface area contributed by atoms with Gasteiger partial charge < -0.3 is 5.32 Å². The van der Waals surface area contributed by atoms with Crippen molar-refractivity contribution in [1.29, 1.82) is 0 Å². The maximum absolute atomic E-state index is 14.4. The van der Waals surface area contributed by atoms with Crippen molar-refractivity contribution in [2.45, 2.75) is 32.7 Å². The topological polar surface area (TPSA) is 12.0 Å². The molecule has 0 aliphatic carbocycles. The van der Waals surface area contributed by atoms with Gasteiger partial charge in [0.05, 0.1) is 0 Å². The molecule has 0 radical (unpaired) electrons. The van der Waals surface area contributed by atoms with E-state index >= 15 is 0 Å². The van der Waals surface area contributed by atoms with E-state index in [4.69, 9.17) is 11.6 Å². The predicted octanol–water partition coefficient (Wildman–Crippen LogP) is 5.07. The SMILES string of the molecule is CCCNC(Cc1ccc(Cl)cc1)c1cccc(C)c1F. The van der Waals surface area contributed by atoms with Gasteiger partial charge in [0.25, 0.3) is 0 Å². The number of halogens is 2. The normalized spacial score (nSPS) is 12.4. The molecule has 2 aromatic carbocycles. The van der Waals surface area contributed by atoms with Crippen LogP contribution in [0.4, 0.5) is 4.39 Å². The summed E-state index contributed by atoms with van der Waals surface area (Å²) < 4.78 is 14.4. The fourth-order valence-electron chi connectivity index (χ4n) is 2.41. The summed E-state index contributed by atoms with van der Waals surface area (Å²) in [5.74, 6) is -0.111. The van der Waals surface area contributed by atoms with Crippen molar-refractivity contribution >= 4 is 11.6 Å². The molecule has 1 atom stereocenters. The van der Waals surface area contributed by atoms with Crippen LogP contribution in [0, 0.1) is 12.7 Å². The van der Waals surface area contributed by atoms with E-state index < -0.39 is 0 Å². The van der Waals surface area contributed by atoms with Gasteiger partial charge in [-0.25, -0.2) is 4.39 Å². The minimum atomic E-state index is -0.111. The van der Waals surface area contributed by atoms with Gasteiger partial charge in [-0.3, -0.25) is 0 Å². The minimum Gasteiger partial charge on any atom is -0.310 e. The maximum Gasteiger partial charge on any atom is 0.130 e. The van der Waals surface area contributed by atoms with Crippen LogP contribution in [0.3, 0.4) is 0 Å².